The second kappa shape index (κ2) is 7.17. The molecule has 2 unspecified atom stereocenters. The maximum Gasteiger partial charge on any atom is 0.315 e. The van der Waals surface area contributed by atoms with Crippen LogP contribution in [0.15, 0.2) is 28.7 Å². The van der Waals surface area contributed by atoms with E-state index in [1.54, 1.807) is 6.07 Å². The van der Waals surface area contributed by atoms with E-state index in [0.29, 0.717) is 11.9 Å². The minimum Gasteiger partial charge on any atom is -0.406 e. The number of aromatic nitrogens is 2. The number of benzene rings is 1. The first-order valence-electron chi connectivity index (χ1n) is 7.19. The number of rotatable bonds is 7. The van der Waals surface area contributed by atoms with Gasteiger partial charge in [0.1, 0.15) is 5.82 Å². The van der Waals surface area contributed by atoms with Crippen molar-refractivity contribution in [3.05, 3.63) is 41.5 Å². The van der Waals surface area contributed by atoms with Gasteiger partial charge in [0.2, 0.25) is 5.89 Å². The van der Waals surface area contributed by atoms with Crippen LogP contribution in [-0.2, 0) is 0 Å². The van der Waals surface area contributed by atoms with Gasteiger partial charge in [0.15, 0.2) is 0 Å². The average molecular weight is 292 g/mol. The predicted molar refractivity (Wildman–Crippen MR) is 79.4 cm³/mol. The molecule has 0 amide bonds. The van der Waals surface area contributed by atoms with E-state index in [-0.39, 0.29) is 17.9 Å². The van der Waals surface area contributed by atoms with Crippen LogP contribution in [0.4, 0.5) is 10.4 Å². The van der Waals surface area contributed by atoms with Gasteiger partial charge in [0, 0.05) is 0 Å². The van der Waals surface area contributed by atoms with Gasteiger partial charge in [-0.3, -0.25) is 0 Å². The molecule has 0 bridgehead atoms. The third-order valence-electron chi connectivity index (χ3n) is 3.20. The zero-order valence-corrected chi connectivity index (χ0v) is 12.6. The molecule has 0 saturated carbocycles. The Morgan fingerprint density at radius 3 is 2.76 bits per heavy atom. The van der Waals surface area contributed by atoms with E-state index in [9.17, 15) is 4.39 Å². The fraction of sp³-hybridized carbons (Fsp3) is 0.467. The third-order valence-corrected chi connectivity index (χ3v) is 3.20. The number of anilines is 1. The maximum atomic E-state index is 13.2. The first-order chi connectivity index (χ1) is 10.1. The zero-order chi connectivity index (χ0) is 15.2. The standard InChI is InChI=1S/C15H21FN4O/c1-4-8-17-11(3)14-19-20-15(21-14)18-10(2)12-6-5-7-13(16)9-12/h5-7,9-11,17H,4,8H2,1-3H3,(H,18,20). The van der Waals surface area contributed by atoms with Crippen molar-refractivity contribution in [1.29, 1.82) is 0 Å². The summed E-state index contributed by atoms with van der Waals surface area (Å²) in [5, 5.41) is 14.4. The second-order valence-corrected chi connectivity index (χ2v) is 5.04. The Balaban J connectivity index is 1.98. The Morgan fingerprint density at radius 1 is 1.24 bits per heavy atom. The first-order valence-corrected chi connectivity index (χ1v) is 7.19. The van der Waals surface area contributed by atoms with Gasteiger partial charge in [0.05, 0.1) is 12.1 Å². The van der Waals surface area contributed by atoms with Crippen LogP contribution in [0.25, 0.3) is 0 Å². The summed E-state index contributed by atoms with van der Waals surface area (Å²) in [4.78, 5) is 0. The summed E-state index contributed by atoms with van der Waals surface area (Å²) < 4.78 is 18.8. The SMILES string of the molecule is CCCNC(C)c1nnc(NC(C)c2cccc(F)c2)o1. The molecule has 5 nitrogen and oxygen atoms in total. The van der Waals surface area contributed by atoms with Crippen LogP contribution in [-0.4, -0.2) is 16.7 Å². The minimum absolute atomic E-state index is 0.0116. The average Bonchev–Trinajstić information content (AvgIpc) is 2.93. The highest BCUT2D eigenvalue weighted by Gasteiger charge is 2.15. The van der Waals surface area contributed by atoms with Crippen LogP contribution in [0.1, 0.15) is 50.7 Å². The summed E-state index contributed by atoms with van der Waals surface area (Å²) >= 11 is 0. The van der Waals surface area contributed by atoms with Crippen molar-refractivity contribution < 1.29 is 8.81 Å². The van der Waals surface area contributed by atoms with Gasteiger partial charge in [-0.05, 0) is 44.5 Å². The van der Waals surface area contributed by atoms with E-state index in [2.05, 4.69) is 27.8 Å². The molecule has 0 saturated heterocycles. The van der Waals surface area contributed by atoms with Crippen molar-refractivity contribution in [1.82, 2.24) is 15.5 Å². The maximum absolute atomic E-state index is 13.2. The van der Waals surface area contributed by atoms with Crippen LogP contribution in [0, 0.1) is 5.82 Å². The van der Waals surface area contributed by atoms with Crippen LogP contribution >= 0.6 is 0 Å². The lowest BCUT2D eigenvalue weighted by atomic mass is 10.1. The van der Waals surface area contributed by atoms with E-state index < -0.39 is 0 Å². The van der Waals surface area contributed by atoms with Gasteiger partial charge in [-0.2, -0.15) is 0 Å². The zero-order valence-electron chi connectivity index (χ0n) is 12.6. The van der Waals surface area contributed by atoms with Crippen molar-refractivity contribution in [2.45, 2.75) is 39.3 Å². The van der Waals surface area contributed by atoms with Gasteiger partial charge in [-0.1, -0.05) is 24.2 Å². The summed E-state index contributed by atoms with van der Waals surface area (Å²) in [6.45, 7) is 6.88. The Bertz CT molecular complexity index is 572. The van der Waals surface area contributed by atoms with E-state index in [1.165, 1.54) is 12.1 Å². The molecule has 0 spiro atoms. The number of hydrogen-bond acceptors (Lipinski definition) is 5. The Hall–Kier alpha value is -1.95. The topological polar surface area (TPSA) is 63.0 Å². The van der Waals surface area contributed by atoms with Crippen LogP contribution in [0.3, 0.4) is 0 Å². The molecule has 2 atom stereocenters. The van der Waals surface area contributed by atoms with Gasteiger partial charge in [0.25, 0.3) is 0 Å². The molecule has 0 fully saturated rings. The monoisotopic (exact) mass is 292 g/mol. The lowest BCUT2D eigenvalue weighted by Crippen LogP contribution is -2.19. The Labute approximate surface area is 124 Å². The van der Waals surface area contributed by atoms with E-state index in [1.807, 2.05) is 19.9 Å². The van der Waals surface area contributed by atoms with Gasteiger partial charge in [-0.15, -0.1) is 5.10 Å². The molecule has 1 aromatic heterocycles. The highest BCUT2D eigenvalue weighted by atomic mass is 19.1. The molecule has 6 heteroatoms. The van der Waals surface area contributed by atoms with Crippen molar-refractivity contribution in [2.75, 3.05) is 11.9 Å². The van der Waals surface area contributed by atoms with E-state index >= 15 is 0 Å². The van der Waals surface area contributed by atoms with Crippen molar-refractivity contribution in [3.8, 4) is 0 Å². The Kier molecular flexibility index (Phi) is 5.27. The molecule has 2 rings (SSSR count). The minimum atomic E-state index is -0.259. The molecular weight excluding hydrogens is 271 g/mol. The second-order valence-electron chi connectivity index (χ2n) is 5.04. The van der Waals surface area contributed by atoms with E-state index in [0.717, 1.165) is 18.5 Å². The summed E-state index contributed by atoms with van der Waals surface area (Å²) in [5.74, 6) is 0.280. The van der Waals surface area contributed by atoms with E-state index in [4.69, 9.17) is 4.42 Å². The van der Waals surface area contributed by atoms with Crippen molar-refractivity contribution in [2.24, 2.45) is 0 Å². The highest BCUT2D eigenvalue weighted by molar-refractivity contribution is 5.28. The van der Waals surface area contributed by atoms with Gasteiger partial charge >= 0.3 is 6.01 Å². The molecule has 0 radical (unpaired) electrons. The molecule has 2 aromatic rings. The van der Waals surface area contributed by atoms with Crippen LogP contribution < -0.4 is 10.6 Å². The molecule has 1 aromatic carbocycles. The number of halogens is 1. The van der Waals surface area contributed by atoms with Gasteiger partial charge < -0.3 is 15.1 Å². The summed E-state index contributed by atoms with van der Waals surface area (Å²) in [7, 11) is 0. The number of nitrogens with one attached hydrogen (secondary N) is 2. The number of hydrogen-bond donors (Lipinski definition) is 2. The predicted octanol–water partition coefficient (Wildman–Crippen LogP) is 3.44. The normalized spacial score (nSPS) is 13.9. The molecule has 0 aliphatic heterocycles. The Morgan fingerprint density at radius 2 is 2.05 bits per heavy atom. The molecular formula is C15H21FN4O. The molecule has 0 aliphatic carbocycles. The molecule has 0 aliphatic rings. The smallest absolute Gasteiger partial charge is 0.315 e. The van der Waals surface area contributed by atoms with Crippen LogP contribution in [0.5, 0.6) is 0 Å². The number of nitrogens with zero attached hydrogens (tertiary/aromatic N) is 2. The third kappa shape index (κ3) is 4.26. The molecule has 1 heterocycles. The summed E-state index contributed by atoms with van der Waals surface area (Å²) in [5.41, 5.74) is 0.826. The fourth-order valence-corrected chi connectivity index (χ4v) is 1.96. The fourth-order valence-electron chi connectivity index (χ4n) is 1.96. The lowest BCUT2D eigenvalue weighted by molar-refractivity contribution is 0.421. The quantitative estimate of drug-likeness (QED) is 0.818. The largest absolute Gasteiger partial charge is 0.406 e. The highest BCUT2D eigenvalue weighted by Crippen LogP contribution is 2.20. The molecule has 114 valence electrons. The van der Waals surface area contributed by atoms with Crippen molar-refractivity contribution >= 4 is 6.01 Å². The first kappa shape index (κ1) is 15.4. The lowest BCUT2D eigenvalue weighted by Gasteiger charge is -2.12. The molecule has 21 heavy (non-hydrogen) atoms. The van der Waals surface area contributed by atoms with Gasteiger partial charge in [-0.25, -0.2) is 4.39 Å². The van der Waals surface area contributed by atoms with Crippen LogP contribution in [0.2, 0.25) is 0 Å². The van der Waals surface area contributed by atoms with Crippen molar-refractivity contribution in [3.63, 3.8) is 0 Å². The summed E-state index contributed by atoms with van der Waals surface area (Å²) in [6.07, 6.45) is 1.04. The molecule has 2 N–H and O–H groups in total. The summed E-state index contributed by atoms with van der Waals surface area (Å²) in [6, 6.07) is 6.67.